The van der Waals surface area contributed by atoms with E-state index in [1.54, 1.807) is 13.3 Å². The van der Waals surface area contributed by atoms with E-state index in [1.165, 1.54) is 0 Å². The minimum atomic E-state index is 0.442. The van der Waals surface area contributed by atoms with Crippen LogP contribution in [0.25, 0.3) is 0 Å². The van der Waals surface area contributed by atoms with Gasteiger partial charge in [-0.15, -0.1) is 0 Å². The molecule has 0 aromatic carbocycles. The van der Waals surface area contributed by atoms with E-state index < -0.39 is 0 Å². The maximum atomic E-state index is 5.83. The average Bonchev–Trinajstić information content (AvgIpc) is 2.17. The molecule has 15 heavy (non-hydrogen) atoms. The molecule has 0 saturated carbocycles. The Hall–Kier alpha value is -1.29. The van der Waals surface area contributed by atoms with Crippen molar-refractivity contribution in [3.63, 3.8) is 0 Å². The Morgan fingerprint density at radius 2 is 2.33 bits per heavy atom. The summed E-state index contributed by atoms with van der Waals surface area (Å²) in [6, 6.07) is 1.91. The predicted molar refractivity (Wildman–Crippen MR) is 62.9 cm³/mol. The SMILES string of the molecule is COCC(C)CNc1ncc(C)cc1N. The van der Waals surface area contributed by atoms with E-state index in [1.807, 2.05) is 13.0 Å². The van der Waals surface area contributed by atoms with Crippen molar-refractivity contribution >= 4 is 11.5 Å². The Balaban J connectivity index is 2.50. The van der Waals surface area contributed by atoms with Crippen LogP contribution in [0.15, 0.2) is 12.3 Å². The highest BCUT2D eigenvalue weighted by atomic mass is 16.5. The lowest BCUT2D eigenvalue weighted by Gasteiger charge is -2.13. The molecule has 0 amide bonds. The average molecular weight is 209 g/mol. The molecular weight excluding hydrogens is 190 g/mol. The summed E-state index contributed by atoms with van der Waals surface area (Å²) in [6.45, 7) is 5.63. The molecule has 1 aromatic rings. The van der Waals surface area contributed by atoms with Gasteiger partial charge < -0.3 is 15.8 Å². The minimum Gasteiger partial charge on any atom is -0.396 e. The van der Waals surface area contributed by atoms with E-state index in [4.69, 9.17) is 10.5 Å². The zero-order chi connectivity index (χ0) is 11.3. The molecule has 4 nitrogen and oxygen atoms in total. The maximum Gasteiger partial charge on any atom is 0.149 e. The third-order valence-corrected chi connectivity index (χ3v) is 2.12. The lowest BCUT2D eigenvalue weighted by Crippen LogP contribution is -2.17. The van der Waals surface area contributed by atoms with Crippen molar-refractivity contribution in [1.82, 2.24) is 4.98 Å². The summed E-state index contributed by atoms with van der Waals surface area (Å²) in [5.74, 6) is 1.20. The molecule has 0 fully saturated rings. The molecule has 0 aliphatic carbocycles. The van der Waals surface area contributed by atoms with Crippen LogP contribution in [0.1, 0.15) is 12.5 Å². The van der Waals surface area contributed by atoms with Crippen LogP contribution in [0.2, 0.25) is 0 Å². The number of rotatable bonds is 5. The summed E-state index contributed by atoms with van der Waals surface area (Å²) in [4.78, 5) is 4.23. The van der Waals surface area contributed by atoms with Crippen LogP contribution in [0, 0.1) is 12.8 Å². The fraction of sp³-hybridized carbons (Fsp3) is 0.545. The van der Waals surface area contributed by atoms with Gasteiger partial charge in [-0.05, 0) is 24.5 Å². The van der Waals surface area contributed by atoms with E-state index in [2.05, 4.69) is 17.2 Å². The van der Waals surface area contributed by atoms with Gasteiger partial charge in [0.25, 0.3) is 0 Å². The lowest BCUT2D eigenvalue weighted by molar-refractivity contribution is 0.164. The number of aromatic nitrogens is 1. The van der Waals surface area contributed by atoms with Gasteiger partial charge in [0.15, 0.2) is 0 Å². The highest BCUT2D eigenvalue weighted by Gasteiger charge is 2.04. The first kappa shape index (κ1) is 11.8. The van der Waals surface area contributed by atoms with E-state index in [-0.39, 0.29) is 0 Å². The number of ether oxygens (including phenoxy) is 1. The fourth-order valence-electron chi connectivity index (χ4n) is 1.35. The van der Waals surface area contributed by atoms with Crippen molar-refractivity contribution in [2.45, 2.75) is 13.8 Å². The van der Waals surface area contributed by atoms with Crippen molar-refractivity contribution in [1.29, 1.82) is 0 Å². The molecule has 0 spiro atoms. The van der Waals surface area contributed by atoms with Gasteiger partial charge in [0.1, 0.15) is 5.82 Å². The first-order valence-corrected chi connectivity index (χ1v) is 5.08. The van der Waals surface area contributed by atoms with Gasteiger partial charge in [-0.25, -0.2) is 4.98 Å². The topological polar surface area (TPSA) is 60.2 Å². The molecule has 3 N–H and O–H groups in total. The largest absolute Gasteiger partial charge is 0.396 e. The number of nitrogens with zero attached hydrogens (tertiary/aromatic N) is 1. The van der Waals surface area contributed by atoms with Gasteiger partial charge in [0, 0.05) is 19.9 Å². The van der Waals surface area contributed by atoms with Crippen molar-refractivity contribution in [3.8, 4) is 0 Å². The molecule has 0 radical (unpaired) electrons. The van der Waals surface area contributed by atoms with Crippen molar-refractivity contribution in [3.05, 3.63) is 17.8 Å². The summed E-state index contributed by atoms with van der Waals surface area (Å²) in [5, 5.41) is 3.21. The summed E-state index contributed by atoms with van der Waals surface area (Å²) in [5.41, 5.74) is 7.59. The molecule has 0 bridgehead atoms. The van der Waals surface area contributed by atoms with Crippen molar-refractivity contribution < 1.29 is 4.74 Å². The number of pyridine rings is 1. The minimum absolute atomic E-state index is 0.442. The second-order valence-electron chi connectivity index (χ2n) is 3.89. The lowest BCUT2D eigenvalue weighted by atomic mass is 10.2. The molecule has 0 aliphatic rings. The second-order valence-corrected chi connectivity index (χ2v) is 3.89. The number of hydrogen-bond donors (Lipinski definition) is 2. The van der Waals surface area contributed by atoms with E-state index >= 15 is 0 Å². The zero-order valence-electron chi connectivity index (χ0n) is 9.58. The van der Waals surface area contributed by atoms with Gasteiger partial charge in [-0.1, -0.05) is 6.92 Å². The normalized spacial score (nSPS) is 12.5. The van der Waals surface area contributed by atoms with Crippen LogP contribution in [-0.4, -0.2) is 25.2 Å². The zero-order valence-corrected chi connectivity index (χ0v) is 9.58. The maximum absolute atomic E-state index is 5.83. The Labute approximate surface area is 90.8 Å². The highest BCUT2D eigenvalue weighted by Crippen LogP contribution is 2.15. The molecule has 1 heterocycles. The quantitative estimate of drug-likeness (QED) is 0.774. The molecule has 1 unspecified atom stereocenters. The van der Waals surface area contributed by atoms with Crippen LogP contribution in [0.3, 0.4) is 0 Å². The smallest absolute Gasteiger partial charge is 0.149 e. The molecule has 0 aliphatic heterocycles. The Morgan fingerprint density at radius 3 is 2.93 bits per heavy atom. The van der Waals surface area contributed by atoms with Gasteiger partial charge in [0.2, 0.25) is 0 Å². The van der Waals surface area contributed by atoms with Crippen LogP contribution in [0.4, 0.5) is 11.5 Å². The number of methoxy groups -OCH3 is 1. The van der Waals surface area contributed by atoms with Crippen LogP contribution in [-0.2, 0) is 4.74 Å². The molecule has 1 atom stereocenters. The summed E-state index contributed by atoms with van der Waals surface area (Å²) in [7, 11) is 1.70. The van der Waals surface area contributed by atoms with Gasteiger partial charge in [0.05, 0.1) is 12.3 Å². The number of nitrogen functional groups attached to an aromatic ring is 1. The van der Waals surface area contributed by atoms with Crippen LogP contribution in [0.5, 0.6) is 0 Å². The van der Waals surface area contributed by atoms with Crippen molar-refractivity contribution in [2.24, 2.45) is 5.92 Å². The summed E-state index contributed by atoms with van der Waals surface area (Å²) in [6.07, 6.45) is 1.81. The number of anilines is 2. The third-order valence-electron chi connectivity index (χ3n) is 2.12. The number of hydrogen-bond acceptors (Lipinski definition) is 4. The van der Waals surface area contributed by atoms with Crippen molar-refractivity contribution in [2.75, 3.05) is 31.3 Å². The van der Waals surface area contributed by atoms with Crippen LogP contribution < -0.4 is 11.1 Å². The monoisotopic (exact) mass is 209 g/mol. The Bertz CT molecular complexity index is 315. The van der Waals surface area contributed by atoms with Crippen LogP contribution >= 0.6 is 0 Å². The molecule has 0 saturated heterocycles. The molecule has 1 rings (SSSR count). The summed E-state index contributed by atoms with van der Waals surface area (Å²) < 4.78 is 5.05. The Morgan fingerprint density at radius 1 is 1.60 bits per heavy atom. The molecular formula is C11H19N3O. The van der Waals surface area contributed by atoms with Gasteiger partial charge in [-0.3, -0.25) is 0 Å². The highest BCUT2D eigenvalue weighted by molar-refractivity contribution is 5.61. The number of nitrogens with one attached hydrogen (secondary N) is 1. The number of aryl methyl sites for hydroxylation is 1. The van der Waals surface area contributed by atoms with E-state index in [0.29, 0.717) is 11.6 Å². The second kappa shape index (κ2) is 5.56. The molecule has 84 valence electrons. The predicted octanol–water partition coefficient (Wildman–Crippen LogP) is 1.67. The van der Waals surface area contributed by atoms with E-state index in [0.717, 1.165) is 24.5 Å². The summed E-state index contributed by atoms with van der Waals surface area (Å²) >= 11 is 0. The van der Waals surface area contributed by atoms with Gasteiger partial charge >= 0.3 is 0 Å². The first-order chi connectivity index (χ1) is 7.13. The Kier molecular flexibility index (Phi) is 4.37. The standard InChI is InChI=1S/C11H19N3O/c1-8-4-10(12)11(13-5-8)14-6-9(2)7-15-3/h4-5,9H,6-7,12H2,1-3H3,(H,13,14). The molecule has 1 aromatic heterocycles. The fourth-order valence-corrected chi connectivity index (χ4v) is 1.35. The third kappa shape index (κ3) is 3.75. The molecule has 4 heteroatoms. The number of nitrogens with two attached hydrogens (primary N) is 1. The first-order valence-electron chi connectivity index (χ1n) is 5.08. The van der Waals surface area contributed by atoms with Gasteiger partial charge in [-0.2, -0.15) is 0 Å². The van der Waals surface area contributed by atoms with E-state index in [9.17, 15) is 0 Å².